The summed E-state index contributed by atoms with van der Waals surface area (Å²) in [6.45, 7) is 7.29. The van der Waals surface area contributed by atoms with Crippen molar-refractivity contribution in [2.45, 2.75) is 25.2 Å². The standard InChI is InChI=1S/C17H28N4O2S.HI/c1-14-11-15(2)13-21(12-14)17(18-3)19-9-10-20-24(22,23)16-7-5-4-6-8-16;/h4-8,14-15,20H,9-13H2,1-3H3,(H,18,19);1H. The smallest absolute Gasteiger partial charge is 0.240 e. The van der Waals surface area contributed by atoms with Crippen LogP contribution in [-0.2, 0) is 10.0 Å². The van der Waals surface area contributed by atoms with Gasteiger partial charge in [0.15, 0.2) is 5.96 Å². The van der Waals surface area contributed by atoms with E-state index < -0.39 is 10.0 Å². The first-order valence-corrected chi connectivity index (χ1v) is 9.91. The van der Waals surface area contributed by atoms with Crippen LogP contribution < -0.4 is 10.0 Å². The molecule has 1 heterocycles. The Morgan fingerprint density at radius 1 is 1.16 bits per heavy atom. The van der Waals surface area contributed by atoms with Crippen LogP contribution in [0, 0.1) is 11.8 Å². The Balaban J connectivity index is 0.00000312. The van der Waals surface area contributed by atoms with Gasteiger partial charge in [0, 0.05) is 33.2 Å². The van der Waals surface area contributed by atoms with Crippen LogP contribution in [0.2, 0.25) is 0 Å². The van der Waals surface area contributed by atoms with Gasteiger partial charge in [-0.05, 0) is 30.4 Å². The normalized spacial score (nSPS) is 21.6. The number of benzene rings is 1. The lowest BCUT2D eigenvalue weighted by molar-refractivity contribution is 0.208. The van der Waals surface area contributed by atoms with Crippen molar-refractivity contribution in [3.8, 4) is 0 Å². The second-order valence-electron chi connectivity index (χ2n) is 6.54. The largest absolute Gasteiger partial charge is 0.355 e. The van der Waals surface area contributed by atoms with Gasteiger partial charge < -0.3 is 10.2 Å². The number of nitrogens with one attached hydrogen (secondary N) is 2. The van der Waals surface area contributed by atoms with Crippen LogP contribution in [0.3, 0.4) is 0 Å². The fourth-order valence-electron chi connectivity index (χ4n) is 3.21. The lowest BCUT2D eigenvalue weighted by Crippen LogP contribution is -2.49. The topological polar surface area (TPSA) is 73.8 Å². The zero-order valence-electron chi connectivity index (χ0n) is 15.1. The molecule has 6 nitrogen and oxygen atoms in total. The van der Waals surface area contributed by atoms with Crippen LogP contribution in [-0.4, -0.2) is 52.5 Å². The SMILES string of the molecule is CN=C(NCCNS(=O)(=O)c1ccccc1)N1CC(C)CC(C)C1.I. The van der Waals surface area contributed by atoms with Gasteiger partial charge in [-0.1, -0.05) is 32.0 Å². The number of guanidine groups is 1. The van der Waals surface area contributed by atoms with Gasteiger partial charge in [0.25, 0.3) is 0 Å². The third kappa shape index (κ3) is 6.74. The van der Waals surface area contributed by atoms with Gasteiger partial charge in [-0.2, -0.15) is 0 Å². The van der Waals surface area contributed by atoms with E-state index in [1.54, 1.807) is 37.4 Å². The maximum atomic E-state index is 12.2. The third-order valence-electron chi connectivity index (χ3n) is 4.13. The molecule has 1 aliphatic heterocycles. The van der Waals surface area contributed by atoms with Crippen molar-refractivity contribution < 1.29 is 8.42 Å². The van der Waals surface area contributed by atoms with E-state index in [-0.39, 0.29) is 28.9 Å². The summed E-state index contributed by atoms with van der Waals surface area (Å²) in [5.41, 5.74) is 0. The molecule has 8 heteroatoms. The predicted molar refractivity (Wildman–Crippen MR) is 113 cm³/mol. The molecule has 0 aliphatic carbocycles. The highest BCUT2D eigenvalue weighted by atomic mass is 127. The molecule has 0 spiro atoms. The van der Waals surface area contributed by atoms with Gasteiger partial charge >= 0.3 is 0 Å². The third-order valence-corrected chi connectivity index (χ3v) is 5.61. The number of rotatable bonds is 5. The molecule has 2 unspecified atom stereocenters. The van der Waals surface area contributed by atoms with E-state index in [1.165, 1.54) is 6.42 Å². The average Bonchev–Trinajstić information content (AvgIpc) is 2.55. The summed E-state index contributed by atoms with van der Waals surface area (Å²) in [4.78, 5) is 6.87. The Bertz CT molecular complexity index is 642. The molecule has 1 aromatic carbocycles. The van der Waals surface area contributed by atoms with Crippen molar-refractivity contribution in [2.75, 3.05) is 33.2 Å². The molecular weight excluding hydrogens is 451 g/mol. The van der Waals surface area contributed by atoms with E-state index in [1.807, 2.05) is 0 Å². The number of sulfonamides is 1. The van der Waals surface area contributed by atoms with Crippen LogP contribution >= 0.6 is 24.0 Å². The minimum absolute atomic E-state index is 0. The summed E-state index contributed by atoms with van der Waals surface area (Å²) in [5.74, 6) is 2.13. The quantitative estimate of drug-likeness (QED) is 0.293. The zero-order valence-corrected chi connectivity index (χ0v) is 18.3. The molecule has 0 aromatic heterocycles. The number of piperidine rings is 1. The number of likely N-dealkylation sites (tertiary alicyclic amines) is 1. The number of aliphatic imine (C=N–C) groups is 1. The highest BCUT2D eigenvalue weighted by Gasteiger charge is 2.23. The molecule has 2 rings (SSSR count). The number of halogens is 1. The zero-order chi connectivity index (χ0) is 17.6. The highest BCUT2D eigenvalue weighted by Crippen LogP contribution is 2.20. The molecule has 0 saturated carbocycles. The summed E-state index contributed by atoms with van der Waals surface area (Å²) in [6, 6.07) is 8.41. The van der Waals surface area contributed by atoms with E-state index in [0.717, 1.165) is 19.0 Å². The van der Waals surface area contributed by atoms with Crippen LogP contribution in [0.15, 0.2) is 40.2 Å². The van der Waals surface area contributed by atoms with Crippen molar-refractivity contribution in [3.05, 3.63) is 30.3 Å². The molecule has 0 radical (unpaired) electrons. The summed E-state index contributed by atoms with van der Waals surface area (Å²) >= 11 is 0. The molecule has 2 N–H and O–H groups in total. The molecule has 0 bridgehead atoms. The van der Waals surface area contributed by atoms with E-state index in [4.69, 9.17) is 0 Å². The molecule has 1 aromatic rings. The molecule has 1 saturated heterocycles. The van der Waals surface area contributed by atoms with Crippen LogP contribution in [0.5, 0.6) is 0 Å². The van der Waals surface area contributed by atoms with E-state index in [9.17, 15) is 8.42 Å². The van der Waals surface area contributed by atoms with Crippen LogP contribution in [0.25, 0.3) is 0 Å². The first kappa shape index (κ1) is 22.2. The van der Waals surface area contributed by atoms with Gasteiger partial charge in [0.2, 0.25) is 10.0 Å². The van der Waals surface area contributed by atoms with Crippen molar-refractivity contribution in [1.82, 2.24) is 14.9 Å². The Kier molecular flexibility index (Phi) is 9.15. The second-order valence-corrected chi connectivity index (χ2v) is 8.30. The lowest BCUT2D eigenvalue weighted by Gasteiger charge is -2.37. The fourth-order valence-corrected chi connectivity index (χ4v) is 4.26. The first-order chi connectivity index (χ1) is 11.4. The van der Waals surface area contributed by atoms with Crippen molar-refractivity contribution in [3.63, 3.8) is 0 Å². The maximum Gasteiger partial charge on any atom is 0.240 e. The Hall–Kier alpha value is -0.870. The minimum atomic E-state index is -3.45. The molecule has 2 atom stereocenters. The van der Waals surface area contributed by atoms with Gasteiger partial charge in [-0.25, -0.2) is 13.1 Å². The fraction of sp³-hybridized carbons (Fsp3) is 0.588. The predicted octanol–water partition coefficient (Wildman–Crippen LogP) is 2.14. The number of nitrogens with zero attached hydrogens (tertiary/aromatic N) is 2. The second kappa shape index (κ2) is 10.3. The van der Waals surface area contributed by atoms with Crippen LogP contribution in [0.4, 0.5) is 0 Å². The lowest BCUT2D eigenvalue weighted by atomic mass is 9.92. The van der Waals surface area contributed by atoms with E-state index in [2.05, 4.69) is 33.8 Å². The number of hydrogen-bond acceptors (Lipinski definition) is 3. The molecule has 142 valence electrons. The molecule has 1 fully saturated rings. The monoisotopic (exact) mass is 480 g/mol. The molecular formula is C17H29IN4O2S. The van der Waals surface area contributed by atoms with E-state index in [0.29, 0.717) is 24.9 Å². The molecule has 0 amide bonds. The van der Waals surface area contributed by atoms with Gasteiger partial charge in [0.1, 0.15) is 0 Å². The summed E-state index contributed by atoms with van der Waals surface area (Å²) in [7, 11) is -1.69. The van der Waals surface area contributed by atoms with Gasteiger partial charge in [-0.15, -0.1) is 24.0 Å². The Morgan fingerprint density at radius 3 is 2.32 bits per heavy atom. The highest BCUT2D eigenvalue weighted by molar-refractivity contribution is 14.0. The van der Waals surface area contributed by atoms with Crippen molar-refractivity contribution in [1.29, 1.82) is 0 Å². The first-order valence-electron chi connectivity index (χ1n) is 8.42. The van der Waals surface area contributed by atoms with E-state index >= 15 is 0 Å². The summed E-state index contributed by atoms with van der Waals surface area (Å²) in [5, 5.41) is 3.25. The van der Waals surface area contributed by atoms with Gasteiger partial charge in [-0.3, -0.25) is 4.99 Å². The number of hydrogen-bond donors (Lipinski definition) is 2. The summed E-state index contributed by atoms with van der Waals surface area (Å²) in [6.07, 6.45) is 1.24. The average molecular weight is 480 g/mol. The maximum absolute atomic E-state index is 12.2. The molecule has 25 heavy (non-hydrogen) atoms. The summed E-state index contributed by atoms with van der Waals surface area (Å²) < 4.78 is 26.9. The Labute approximate surface area is 168 Å². The van der Waals surface area contributed by atoms with Gasteiger partial charge in [0.05, 0.1) is 4.90 Å². The Morgan fingerprint density at radius 2 is 1.76 bits per heavy atom. The van der Waals surface area contributed by atoms with Crippen LogP contribution in [0.1, 0.15) is 20.3 Å². The van der Waals surface area contributed by atoms with Crippen molar-refractivity contribution >= 4 is 40.0 Å². The minimum Gasteiger partial charge on any atom is -0.355 e. The molecule has 1 aliphatic rings. The van der Waals surface area contributed by atoms with Crippen molar-refractivity contribution in [2.24, 2.45) is 16.8 Å².